The predicted molar refractivity (Wildman–Crippen MR) is 123 cm³/mol. The molecule has 0 atom stereocenters. The number of piperazine rings is 1. The fourth-order valence-electron chi connectivity index (χ4n) is 4.04. The maximum absolute atomic E-state index is 13.0. The SMILES string of the molecule is COc1ccc(S(=O)(=O)N2CCN(C(=O)c3ccc(-n4c(C)ccc4C)cc3)CC2)cc1. The van der Waals surface area contributed by atoms with Crippen LogP contribution in [-0.4, -0.2) is 61.4 Å². The summed E-state index contributed by atoms with van der Waals surface area (Å²) in [5, 5.41) is 0. The van der Waals surface area contributed by atoms with Crippen LogP contribution >= 0.6 is 0 Å². The fraction of sp³-hybridized carbons (Fsp3) is 0.292. The summed E-state index contributed by atoms with van der Waals surface area (Å²) in [4.78, 5) is 14.9. The molecule has 0 radical (unpaired) electrons. The van der Waals surface area contributed by atoms with E-state index in [1.165, 1.54) is 11.4 Å². The van der Waals surface area contributed by atoms with Crippen LogP contribution in [0.4, 0.5) is 0 Å². The van der Waals surface area contributed by atoms with Crippen molar-refractivity contribution in [2.75, 3.05) is 33.3 Å². The second-order valence-corrected chi connectivity index (χ2v) is 9.81. The predicted octanol–water partition coefficient (Wildman–Crippen LogP) is 3.25. The third kappa shape index (κ3) is 4.16. The minimum absolute atomic E-state index is 0.0843. The van der Waals surface area contributed by atoms with Gasteiger partial charge in [0.1, 0.15) is 5.75 Å². The molecule has 0 N–H and O–H groups in total. The van der Waals surface area contributed by atoms with Gasteiger partial charge in [0.25, 0.3) is 5.91 Å². The van der Waals surface area contributed by atoms with E-state index in [0.717, 1.165) is 17.1 Å². The number of hydrogen-bond acceptors (Lipinski definition) is 4. The Kier molecular flexibility index (Phi) is 6.08. The number of benzene rings is 2. The number of ether oxygens (including phenoxy) is 1. The molecule has 0 saturated carbocycles. The van der Waals surface area contributed by atoms with Gasteiger partial charge in [-0.25, -0.2) is 8.42 Å². The standard InChI is InChI=1S/C24H27N3O4S/c1-18-4-5-19(2)27(18)21-8-6-20(7-9-21)24(28)25-14-16-26(17-15-25)32(29,30)23-12-10-22(31-3)11-13-23/h4-13H,14-17H2,1-3H3. The summed E-state index contributed by atoms with van der Waals surface area (Å²) in [7, 11) is -2.07. The van der Waals surface area contributed by atoms with Gasteiger partial charge in [-0.05, 0) is 74.5 Å². The molecule has 2 aromatic carbocycles. The van der Waals surface area contributed by atoms with Crippen molar-refractivity contribution in [1.82, 2.24) is 13.8 Å². The molecule has 0 aliphatic carbocycles. The number of amides is 1. The lowest BCUT2D eigenvalue weighted by Crippen LogP contribution is -2.50. The quantitative estimate of drug-likeness (QED) is 0.595. The molecule has 2 heterocycles. The first-order chi connectivity index (χ1) is 15.3. The maximum atomic E-state index is 13.0. The molecule has 1 aromatic heterocycles. The molecule has 0 spiro atoms. The summed E-state index contributed by atoms with van der Waals surface area (Å²) >= 11 is 0. The summed E-state index contributed by atoms with van der Waals surface area (Å²) < 4.78 is 34.5. The lowest BCUT2D eigenvalue weighted by atomic mass is 10.1. The summed E-state index contributed by atoms with van der Waals surface area (Å²) in [6.45, 7) is 5.33. The van der Waals surface area contributed by atoms with E-state index in [1.807, 2.05) is 38.1 Å². The van der Waals surface area contributed by atoms with Crippen LogP contribution in [0, 0.1) is 13.8 Å². The molecule has 1 aliphatic rings. The van der Waals surface area contributed by atoms with E-state index < -0.39 is 10.0 Å². The molecular weight excluding hydrogens is 426 g/mol. The van der Waals surface area contributed by atoms with Crippen LogP contribution in [-0.2, 0) is 10.0 Å². The van der Waals surface area contributed by atoms with Gasteiger partial charge in [-0.3, -0.25) is 4.79 Å². The number of methoxy groups -OCH3 is 1. The second-order valence-electron chi connectivity index (χ2n) is 7.87. The molecule has 0 bridgehead atoms. The Bertz CT molecular complexity index is 1190. The number of aromatic nitrogens is 1. The van der Waals surface area contributed by atoms with Crippen molar-refractivity contribution in [3.8, 4) is 11.4 Å². The van der Waals surface area contributed by atoms with Crippen LogP contribution in [0.15, 0.2) is 65.6 Å². The molecule has 168 valence electrons. The molecule has 3 aromatic rings. The first-order valence-electron chi connectivity index (χ1n) is 10.5. The number of carbonyl (C=O) groups excluding carboxylic acids is 1. The van der Waals surface area contributed by atoms with E-state index in [1.54, 1.807) is 29.2 Å². The number of rotatable bonds is 5. The van der Waals surface area contributed by atoms with E-state index in [-0.39, 0.29) is 23.9 Å². The Morgan fingerprint density at radius 1 is 0.812 bits per heavy atom. The zero-order chi connectivity index (χ0) is 22.9. The highest BCUT2D eigenvalue weighted by Gasteiger charge is 2.30. The van der Waals surface area contributed by atoms with Crippen molar-refractivity contribution < 1.29 is 17.9 Å². The van der Waals surface area contributed by atoms with Crippen LogP contribution in [0.2, 0.25) is 0 Å². The van der Waals surface area contributed by atoms with Crippen LogP contribution in [0.25, 0.3) is 5.69 Å². The van der Waals surface area contributed by atoms with E-state index in [0.29, 0.717) is 24.4 Å². The number of carbonyl (C=O) groups is 1. The molecule has 8 heteroatoms. The van der Waals surface area contributed by atoms with Crippen molar-refractivity contribution >= 4 is 15.9 Å². The van der Waals surface area contributed by atoms with Crippen LogP contribution < -0.4 is 4.74 Å². The molecule has 1 aliphatic heterocycles. The summed E-state index contributed by atoms with van der Waals surface area (Å²) in [5.41, 5.74) is 3.88. The second kappa shape index (κ2) is 8.80. The Morgan fingerprint density at radius 3 is 1.91 bits per heavy atom. The van der Waals surface area contributed by atoms with Gasteiger partial charge in [0.2, 0.25) is 10.0 Å². The molecule has 0 unspecified atom stereocenters. The van der Waals surface area contributed by atoms with Gasteiger partial charge in [0.05, 0.1) is 12.0 Å². The monoisotopic (exact) mass is 453 g/mol. The number of aryl methyl sites for hydroxylation is 2. The Morgan fingerprint density at radius 2 is 1.38 bits per heavy atom. The van der Waals surface area contributed by atoms with Gasteiger partial charge in [-0.1, -0.05) is 0 Å². The smallest absolute Gasteiger partial charge is 0.253 e. The van der Waals surface area contributed by atoms with Crippen molar-refractivity contribution in [3.63, 3.8) is 0 Å². The summed E-state index contributed by atoms with van der Waals surface area (Å²) in [5.74, 6) is 0.520. The fourth-order valence-corrected chi connectivity index (χ4v) is 5.46. The van der Waals surface area contributed by atoms with Crippen molar-refractivity contribution in [2.45, 2.75) is 18.7 Å². The highest BCUT2D eigenvalue weighted by atomic mass is 32.2. The van der Waals surface area contributed by atoms with Crippen LogP contribution in [0.1, 0.15) is 21.7 Å². The van der Waals surface area contributed by atoms with E-state index >= 15 is 0 Å². The molecule has 1 amide bonds. The number of hydrogen-bond donors (Lipinski definition) is 0. The largest absolute Gasteiger partial charge is 0.497 e. The third-order valence-electron chi connectivity index (χ3n) is 5.87. The van der Waals surface area contributed by atoms with E-state index in [9.17, 15) is 13.2 Å². The molecule has 1 saturated heterocycles. The van der Waals surface area contributed by atoms with Crippen molar-refractivity contribution in [2.24, 2.45) is 0 Å². The summed E-state index contributed by atoms with van der Waals surface area (Å²) in [6.07, 6.45) is 0. The average molecular weight is 454 g/mol. The van der Waals surface area contributed by atoms with Crippen molar-refractivity contribution in [3.05, 3.63) is 77.6 Å². The van der Waals surface area contributed by atoms with E-state index in [4.69, 9.17) is 4.74 Å². The van der Waals surface area contributed by atoms with Gasteiger partial charge in [0, 0.05) is 48.8 Å². The molecular formula is C24H27N3O4S. The minimum atomic E-state index is -3.60. The Balaban J connectivity index is 1.42. The van der Waals surface area contributed by atoms with Crippen molar-refractivity contribution in [1.29, 1.82) is 0 Å². The van der Waals surface area contributed by atoms with Gasteiger partial charge in [-0.2, -0.15) is 4.31 Å². The molecule has 7 nitrogen and oxygen atoms in total. The zero-order valence-electron chi connectivity index (χ0n) is 18.5. The lowest BCUT2D eigenvalue weighted by molar-refractivity contribution is 0.0698. The first kappa shape index (κ1) is 22.1. The molecule has 1 fully saturated rings. The van der Waals surface area contributed by atoms with Gasteiger partial charge in [0.15, 0.2) is 0 Å². The third-order valence-corrected chi connectivity index (χ3v) is 7.78. The normalized spacial score (nSPS) is 15.0. The minimum Gasteiger partial charge on any atom is -0.497 e. The molecule has 32 heavy (non-hydrogen) atoms. The van der Waals surface area contributed by atoms with E-state index in [2.05, 4.69) is 16.7 Å². The van der Waals surface area contributed by atoms with Crippen LogP contribution in [0.3, 0.4) is 0 Å². The number of nitrogens with zero attached hydrogens (tertiary/aromatic N) is 3. The average Bonchev–Trinajstić information content (AvgIpc) is 3.16. The number of sulfonamides is 1. The molecule has 4 rings (SSSR count). The van der Waals surface area contributed by atoms with Gasteiger partial charge < -0.3 is 14.2 Å². The topological polar surface area (TPSA) is 71.9 Å². The van der Waals surface area contributed by atoms with Gasteiger partial charge in [-0.15, -0.1) is 0 Å². The lowest BCUT2D eigenvalue weighted by Gasteiger charge is -2.34. The Hall–Kier alpha value is -3.10. The highest BCUT2D eigenvalue weighted by molar-refractivity contribution is 7.89. The Labute approximate surface area is 188 Å². The van der Waals surface area contributed by atoms with Gasteiger partial charge >= 0.3 is 0 Å². The first-order valence-corrected chi connectivity index (χ1v) is 11.9. The highest BCUT2D eigenvalue weighted by Crippen LogP contribution is 2.22. The summed E-state index contributed by atoms with van der Waals surface area (Å²) in [6, 6.07) is 18.0. The van der Waals surface area contributed by atoms with Crippen LogP contribution in [0.5, 0.6) is 5.75 Å². The zero-order valence-corrected chi connectivity index (χ0v) is 19.3. The maximum Gasteiger partial charge on any atom is 0.253 e.